The second kappa shape index (κ2) is 7.29. The van der Waals surface area contributed by atoms with Crippen molar-refractivity contribution in [2.24, 2.45) is 0 Å². The van der Waals surface area contributed by atoms with Crippen molar-refractivity contribution in [3.05, 3.63) is 71.3 Å². The van der Waals surface area contributed by atoms with Gasteiger partial charge >= 0.3 is 5.97 Å². The second-order valence-corrected chi connectivity index (χ2v) is 6.11. The predicted molar refractivity (Wildman–Crippen MR) is 102 cm³/mol. The molecular weight excluding hydrogens is 358 g/mol. The highest BCUT2D eigenvalue weighted by Crippen LogP contribution is 2.26. The summed E-state index contributed by atoms with van der Waals surface area (Å²) >= 11 is 0. The molecule has 1 aromatic heterocycles. The van der Waals surface area contributed by atoms with Crippen LogP contribution in [0.2, 0.25) is 0 Å². The number of aromatic amines is 1. The Morgan fingerprint density at radius 3 is 2.86 bits per heavy atom. The number of carbonyl (C=O) groups excluding carboxylic acids is 1. The number of aliphatic hydroxyl groups is 1. The van der Waals surface area contributed by atoms with Crippen molar-refractivity contribution in [1.29, 1.82) is 5.26 Å². The van der Waals surface area contributed by atoms with Gasteiger partial charge in [-0.1, -0.05) is 30.3 Å². The van der Waals surface area contributed by atoms with Gasteiger partial charge < -0.3 is 19.6 Å². The third-order valence-corrected chi connectivity index (χ3v) is 4.26. The van der Waals surface area contributed by atoms with Crippen LogP contribution in [-0.4, -0.2) is 34.3 Å². The van der Waals surface area contributed by atoms with Crippen molar-refractivity contribution in [2.45, 2.75) is 0 Å². The molecule has 3 aromatic rings. The van der Waals surface area contributed by atoms with E-state index in [9.17, 15) is 15.2 Å². The molecule has 7 heteroatoms. The Kier molecular flexibility index (Phi) is 4.52. The van der Waals surface area contributed by atoms with Gasteiger partial charge in [-0.3, -0.25) is 0 Å². The van der Waals surface area contributed by atoms with Crippen LogP contribution in [0.4, 0.5) is 0 Å². The SMILES string of the molecule is N#C/C(=C(/O)COC(=O)C1=Cc2ccccc2OC1)c1nc2ccccc2[nH]1. The van der Waals surface area contributed by atoms with Gasteiger partial charge in [-0.2, -0.15) is 5.26 Å². The molecule has 0 amide bonds. The lowest BCUT2D eigenvalue weighted by Crippen LogP contribution is -2.18. The van der Waals surface area contributed by atoms with Crippen molar-refractivity contribution in [2.75, 3.05) is 13.2 Å². The van der Waals surface area contributed by atoms with Crippen LogP contribution in [0.1, 0.15) is 11.4 Å². The van der Waals surface area contributed by atoms with Gasteiger partial charge in [0.2, 0.25) is 0 Å². The summed E-state index contributed by atoms with van der Waals surface area (Å²) in [7, 11) is 0. The fourth-order valence-electron chi connectivity index (χ4n) is 2.86. The maximum absolute atomic E-state index is 12.3. The molecule has 28 heavy (non-hydrogen) atoms. The van der Waals surface area contributed by atoms with E-state index in [-0.39, 0.29) is 23.8 Å². The Hall–Kier alpha value is -4.05. The number of H-pyrrole nitrogens is 1. The maximum Gasteiger partial charge on any atom is 0.337 e. The van der Waals surface area contributed by atoms with Crippen LogP contribution in [0.3, 0.4) is 0 Å². The highest BCUT2D eigenvalue weighted by Gasteiger charge is 2.20. The number of hydrogen-bond acceptors (Lipinski definition) is 6. The van der Waals surface area contributed by atoms with Crippen molar-refractivity contribution in [3.63, 3.8) is 0 Å². The number of ether oxygens (including phenoxy) is 2. The van der Waals surface area contributed by atoms with E-state index in [0.29, 0.717) is 16.8 Å². The van der Waals surface area contributed by atoms with Crippen LogP contribution in [0.5, 0.6) is 5.75 Å². The fraction of sp³-hybridized carbons (Fsp3) is 0.0952. The minimum absolute atomic E-state index is 0.0784. The van der Waals surface area contributed by atoms with Crippen molar-refractivity contribution < 1.29 is 19.4 Å². The fourth-order valence-corrected chi connectivity index (χ4v) is 2.86. The Morgan fingerprint density at radius 1 is 1.25 bits per heavy atom. The largest absolute Gasteiger partial charge is 0.507 e. The van der Waals surface area contributed by atoms with Crippen molar-refractivity contribution >= 4 is 28.7 Å². The van der Waals surface area contributed by atoms with E-state index in [1.165, 1.54) is 0 Å². The van der Waals surface area contributed by atoms with E-state index in [2.05, 4.69) is 9.97 Å². The van der Waals surface area contributed by atoms with Crippen LogP contribution in [0.25, 0.3) is 22.7 Å². The second-order valence-electron chi connectivity index (χ2n) is 6.11. The molecule has 0 radical (unpaired) electrons. The summed E-state index contributed by atoms with van der Waals surface area (Å²) in [5.74, 6) is -0.0968. The molecule has 4 rings (SSSR count). The average Bonchev–Trinajstić information content (AvgIpc) is 3.15. The van der Waals surface area contributed by atoms with Crippen LogP contribution in [0, 0.1) is 11.3 Å². The number of nitriles is 1. The summed E-state index contributed by atoms with van der Waals surface area (Å²) in [4.78, 5) is 19.5. The molecule has 1 aliphatic rings. The number of aromatic nitrogens is 2. The molecule has 0 unspecified atom stereocenters. The lowest BCUT2D eigenvalue weighted by Gasteiger charge is -2.16. The Balaban J connectivity index is 1.51. The number of rotatable bonds is 4. The van der Waals surface area contributed by atoms with Crippen molar-refractivity contribution in [3.8, 4) is 11.8 Å². The minimum atomic E-state index is -0.622. The topological polar surface area (TPSA) is 108 Å². The van der Waals surface area contributed by atoms with Crippen LogP contribution in [-0.2, 0) is 9.53 Å². The molecule has 0 fully saturated rings. The number of allylic oxidation sites excluding steroid dienone is 1. The molecule has 0 atom stereocenters. The van der Waals surface area contributed by atoms with Crippen LogP contribution >= 0.6 is 0 Å². The Labute approximate surface area is 160 Å². The Morgan fingerprint density at radius 2 is 2.04 bits per heavy atom. The molecule has 0 saturated carbocycles. The number of nitrogens with zero attached hydrogens (tertiary/aromatic N) is 2. The summed E-state index contributed by atoms with van der Waals surface area (Å²) in [6, 6.07) is 16.5. The van der Waals surface area contributed by atoms with Gasteiger partial charge in [-0.25, -0.2) is 9.78 Å². The Bertz CT molecular complexity index is 1130. The van der Waals surface area contributed by atoms with Gasteiger partial charge in [-0.15, -0.1) is 0 Å². The minimum Gasteiger partial charge on any atom is -0.507 e. The van der Waals surface area contributed by atoms with Gasteiger partial charge in [0.15, 0.2) is 11.6 Å². The molecule has 2 heterocycles. The first-order chi connectivity index (χ1) is 13.7. The highest BCUT2D eigenvalue weighted by molar-refractivity contribution is 5.95. The van der Waals surface area contributed by atoms with Gasteiger partial charge in [-0.05, 0) is 24.3 Å². The monoisotopic (exact) mass is 373 g/mol. The van der Waals surface area contributed by atoms with Crippen LogP contribution in [0.15, 0.2) is 59.9 Å². The number of esters is 1. The van der Waals surface area contributed by atoms with Crippen LogP contribution < -0.4 is 4.74 Å². The molecule has 0 saturated heterocycles. The number of carbonyl (C=O) groups is 1. The first kappa shape index (κ1) is 17.4. The predicted octanol–water partition coefficient (Wildman–Crippen LogP) is 3.37. The van der Waals surface area contributed by atoms with Crippen molar-refractivity contribution in [1.82, 2.24) is 9.97 Å². The van der Waals surface area contributed by atoms with Gasteiger partial charge in [0, 0.05) is 5.56 Å². The molecule has 0 bridgehead atoms. The van der Waals surface area contributed by atoms with Gasteiger partial charge in [0.25, 0.3) is 0 Å². The summed E-state index contributed by atoms with van der Waals surface area (Å²) < 4.78 is 10.7. The third kappa shape index (κ3) is 3.31. The van der Waals surface area contributed by atoms with E-state index in [4.69, 9.17) is 9.47 Å². The van der Waals surface area contributed by atoms with Gasteiger partial charge in [0.1, 0.15) is 30.6 Å². The van der Waals surface area contributed by atoms with E-state index in [1.54, 1.807) is 12.1 Å². The maximum atomic E-state index is 12.3. The zero-order valence-electron chi connectivity index (χ0n) is 14.7. The summed E-state index contributed by atoms with van der Waals surface area (Å²) in [6.07, 6.45) is 1.69. The molecule has 1 aliphatic heterocycles. The summed E-state index contributed by atoms with van der Waals surface area (Å²) in [5.41, 5.74) is 2.42. The number of imidazole rings is 1. The number of aliphatic hydroxyl groups excluding tert-OH is 1. The molecule has 138 valence electrons. The third-order valence-electron chi connectivity index (χ3n) is 4.26. The number of fused-ring (bicyclic) bond motifs is 2. The average molecular weight is 373 g/mol. The molecule has 0 aliphatic carbocycles. The number of benzene rings is 2. The summed E-state index contributed by atoms with van der Waals surface area (Å²) in [5, 5.41) is 19.7. The highest BCUT2D eigenvalue weighted by atomic mass is 16.5. The smallest absolute Gasteiger partial charge is 0.337 e. The molecule has 0 spiro atoms. The number of nitrogens with one attached hydrogen (secondary N) is 1. The lowest BCUT2D eigenvalue weighted by atomic mass is 10.1. The quantitative estimate of drug-likeness (QED) is 0.412. The normalized spacial score (nSPS) is 13.6. The van der Waals surface area contributed by atoms with E-state index < -0.39 is 12.6 Å². The number of hydrogen-bond donors (Lipinski definition) is 2. The van der Waals surface area contributed by atoms with Gasteiger partial charge in [0.05, 0.1) is 16.6 Å². The molecular formula is C21H15N3O4. The first-order valence-corrected chi connectivity index (χ1v) is 8.52. The standard InChI is InChI=1S/C21H15N3O4/c22-10-15(20-23-16-6-2-3-7-17(16)24-20)18(25)12-28-21(26)14-9-13-5-1-4-8-19(13)27-11-14/h1-9,25H,11-12H2,(H,23,24)/b18-15-. The number of para-hydroxylation sites is 3. The van der Waals surface area contributed by atoms with E-state index >= 15 is 0 Å². The first-order valence-electron chi connectivity index (χ1n) is 8.52. The lowest BCUT2D eigenvalue weighted by molar-refractivity contribution is -0.139. The molecule has 7 nitrogen and oxygen atoms in total. The summed E-state index contributed by atoms with van der Waals surface area (Å²) in [6.45, 7) is -0.368. The van der Waals surface area contributed by atoms with E-state index in [0.717, 1.165) is 11.1 Å². The zero-order valence-corrected chi connectivity index (χ0v) is 14.7. The molecule has 2 N–H and O–H groups in total. The molecule has 2 aromatic carbocycles. The zero-order chi connectivity index (χ0) is 19.5. The van der Waals surface area contributed by atoms with E-state index in [1.807, 2.05) is 48.5 Å².